The monoisotopic (exact) mass is 320 g/mol. The summed E-state index contributed by atoms with van der Waals surface area (Å²) in [5.41, 5.74) is 0. The topological polar surface area (TPSA) is 17.6 Å². The van der Waals surface area contributed by atoms with Gasteiger partial charge in [0.25, 0.3) is 0 Å². The summed E-state index contributed by atoms with van der Waals surface area (Å²) in [4.78, 5) is 0. The average Bonchev–Trinajstić information content (AvgIpc) is 2.88. The molecule has 2 rings (SSSR count). The molecule has 0 saturated heterocycles. The molecule has 4 nitrogen and oxygen atoms in total. The lowest BCUT2D eigenvalue weighted by Crippen LogP contribution is -3.00. The van der Waals surface area contributed by atoms with E-state index in [0.717, 1.165) is 13.1 Å². The summed E-state index contributed by atoms with van der Waals surface area (Å²) < 4.78 is 8.31. The van der Waals surface area contributed by atoms with Gasteiger partial charge < -0.3 is 21.7 Å². The molecule has 2 aromatic rings. The van der Waals surface area contributed by atoms with Gasteiger partial charge in [0.05, 0.1) is 27.2 Å². The van der Waals surface area contributed by atoms with Crippen LogP contribution in [0.15, 0.2) is 37.4 Å². The van der Waals surface area contributed by atoms with Crippen molar-refractivity contribution >= 4 is 0 Å². The van der Waals surface area contributed by atoms with Crippen LogP contribution in [0.5, 0.6) is 0 Å². The highest BCUT2D eigenvalue weighted by molar-refractivity contribution is 4.64. The fraction of sp³-hybridized carbons (Fsp3) is 0.500. The Balaban J connectivity index is 0. The maximum atomic E-state index is 2.12. The van der Waals surface area contributed by atoms with E-state index < -0.39 is 0 Å². The second-order valence-corrected chi connectivity index (χ2v) is 3.82. The number of hydrogen-bond acceptors (Lipinski definition) is 0. The molecule has 0 atom stereocenters. The third-order valence-electron chi connectivity index (χ3n) is 2.38. The van der Waals surface area contributed by atoms with Crippen molar-refractivity contribution in [2.24, 2.45) is 14.1 Å². The van der Waals surface area contributed by atoms with Crippen molar-refractivity contribution in [2.75, 3.05) is 0 Å². The molecule has 0 aliphatic heterocycles. The van der Waals surface area contributed by atoms with Crippen LogP contribution in [-0.2, 0) is 27.2 Å². The second kappa shape index (κ2) is 9.82. The van der Waals surface area contributed by atoms with Gasteiger partial charge in [0.1, 0.15) is 24.8 Å². The number of imidazole rings is 2. The van der Waals surface area contributed by atoms with Crippen molar-refractivity contribution in [1.29, 1.82) is 0 Å². The van der Waals surface area contributed by atoms with Gasteiger partial charge in [0, 0.05) is 0 Å². The quantitative estimate of drug-likeness (QED) is 0.492. The van der Waals surface area contributed by atoms with Gasteiger partial charge in [0.15, 0.2) is 0 Å². The van der Waals surface area contributed by atoms with E-state index in [2.05, 4.69) is 48.0 Å². The van der Waals surface area contributed by atoms with Crippen molar-refractivity contribution in [3.63, 3.8) is 0 Å². The zero-order valence-electron chi connectivity index (χ0n) is 11.4. The normalized spacial score (nSPS) is 8.67. The van der Waals surface area contributed by atoms with Gasteiger partial charge >= 0.3 is 0 Å². The van der Waals surface area contributed by atoms with E-state index in [1.165, 1.54) is 0 Å². The average molecular weight is 321 g/mol. The summed E-state index contributed by atoms with van der Waals surface area (Å²) in [5, 5.41) is 0. The zero-order valence-corrected chi connectivity index (χ0v) is 13.0. The van der Waals surface area contributed by atoms with E-state index in [1.807, 2.05) is 35.6 Å². The SMILES string of the molecule is CCn1cc[n+](C)c1.CCn1cc[n+](C)c1.[Br-].[F-]. The fourth-order valence-corrected chi connectivity index (χ4v) is 1.38. The molecular weight excluding hydrogens is 299 g/mol. The van der Waals surface area contributed by atoms with Crippen molar-refractivity contribution < 1.29 is 30.8 Å². The van der Waals surface area contributed by atoms with Crippen molar-refractivity contribution in [2.45, 2.75) is 26.9 Å². The Kier molecular flexibility index (Phi) is 10.5. The summed E-state index contributed by atoms with van der Waals surface area (Å²) in [6, 6.07) is 0. The lowest BCUT2D eigenvalue weighted by Gasteiger charge is -1.81. The number of aromatic nitrogens is 4. The largest absolute Gasteiger partial charge is 1.00 e. The van der Waals surface area contributed by atoms with Crippen LogP contribution in [0.3, 0.4) is 0 Å². The van der Waals surface area contributed by atoms with Crippen LogP contribution in [-0.4, -0.2) is 9.13 Å². The third kappa shape index (κ3) is 6.54. The third-order valence-corrected chi connectivity index (χ3v) is 2.38. The number of aryl methyl sites for hydroxylation is 4. The van der Waals surface area contributed by atoms with E-state index in [-0.39, 0.29) is 21.7 Å². The highest BCUT2D eigenvalue weighted by atomic mass is 79.9. The minimum absolute atomic E-state index is 0. The lowest BCUT2D eigenvalue weighted by molar-refractivity contribution is -0.671. The Morgan fingerprint density at radius 1 is 0.833 bits per heavy atom. The summed E-state index contributed by atoms with van der Waals surface area (Å²) in [7, 11) is 4.04. The molecular formula is C12H22BrFN4. The predicted octanol–water partition coefficient (Wildman–Crippen LogP) is -5.33. The molecule has 0 fully saturated rings. The molecule has 104 valence electrons. The molecule has 0 radical (unpaired) electrons. The molecule has 0 bridgehead atoms. The zero-order chi connectivity index (χ0) is 12.0. The van der Waals surface area contributed by atoms with Gasteiger partial charge in [-0.15, -0.1) is 0 Å². The molecule has 0 N–H and O–H groups in total. The Hall–Kier alpha value is -1.17. The van der Waals surface area contributed by atoms with Crippen LogP contribution in [0.2, 0.25) is 0 Å². The minimum atomic E-state index is 0. The summed E-state index contributed by atoms with van der Waals surface area (Å²) in [6.45, 7) is 6.36. The molecule has 0 spiro atoms. The number of nitrogens with zero attached hydrogens (tertiary/aromatic N) is 4. The molecule has 0 aliphatic rings. The van der Waals surface area contributed by atoms with Gasteiger partial charge in [-0.3, -0.25) is 0 Å². The van der Waals surface area contributed by atoms with Gasteiger partial charge in [-0.1, -0.05) is 0 Å². The predicted molar refractivity (Wildman–Crippen MR) is 62.6 cm³/mol. The first-order valence-corrected chi connectivity index (χ1v) is 5.67. The van der Waals surface area contributed by atoms with E-state index in [4.69, 9.17) is 0 Å². The molecule has 0 saturated carbocycles. The maximum absolute atomic E-state index is 2.12. The van der Waals surface area contributed by atoms with Gasteiger partial charge in [-0.05, 0) is 13.8 Å². The maximum Gasteiger partial charge on any atom is 0.243 e. The molecule has 2 heterocycles. The highest BCUT2D eigenvalue weighted by Crippen LogP contribution is 1.79. The second-order valence-electron chi connectivity index (χ2n) is 3.82. The standard InChI is InChI=1S/2C6H11N2.BrH.FH/c2*1-3-8-5-4-7(2)6-8;;/h2*4-6H,3H2,1-2H3;2*1H/q2*+1;;/p-2. The van der Waals surface area contributed by atoms with Crippen LogP contribution in [0.25, 0.3) is 0 Å². The van der Waals surface area contributed by atoms with Gasteiger partial charge in [-0.2, -0.15) is 0 Å². The Morgan fingerprint density at radius 3 is 1.28 bits per heavy atom. The number of halogens is 2. The van der Waals surface area contributed by atoms with Crippen molar-refractivity contribution in [1.82, 2.24) is 9.13 Å². The summed E-state index contributed by atoms with van der Waals surface area (Å²) in [6.07, 6.45) is 12.3. The molecule has 2 aromatic heterocycles. The molecule has 18 heavy (non-hydrogen) atoms. The van der Waals surface area contributed by atoms with E-state index in [0.29, 0.717) is 0 Å². The number of rotatable bonds is 2. The van der Waals surface area contributed by atoms with Gasteiger partial charge in [-0.25, -0.2) is 18.3 Å². The molecule has 0 amide bonds. The Labute approximate surface area is 119 Å². The summed E-state index contributed by atoms with van der Waals surface area (Å²) >= 11 is 0. The van der Waals surface area contributed by atoms with E-state index in [9.17, 15) is 0 Å². The first kappa shape index (κ1) is 19.2. The highest BCUT2D eigenvalue weighted by Gasteiger charge is 1.92. The summed E-state index contributed by atoms with van der Waals surface area (Å²) in [5.74, 6) is 0. The molecule has 0 aliphatic carbocycles. The smallest absolute Gasteiger partial charge is 0.243 e. The first-order chi connectivity index (χ1) is 7.65. The minimum Gasteiger partial charge on any atom is -1.00 e. The van der Waals surface area contributed by atoms with Crippen LogP contribution in [0.4, 0.5) is 0 Å². The van der Waals surface area contributed by atoms with E-state index in [1.54, 1.807) is 0 Å². The first-order valence-electron chi connectivity index (χ1n) is 5.67. The lowest BCUT2D eigenvalue weighted by atomic mass is 10.7. The molecule has 0 unspecified atom stereocenters. The van der Waals surface area contributed by atoms with Crippen LogP contribution in [0, 0.1) is 0 Å². The van der Waals surface area contributed by atoms with Crippen molar-refractivity contribution in [3.05, 3.63) is 37.4 Å². The van der Waals surface area contributed by atoms with Crippen LogP contribution in [0.1, 0.15) is 13.8 Å². The van der Waals surface area contributed by atoms with E-state index >= 15 is 0 Å². The van der Waals surface area contributed by atoms with Crippen molar-refractivity contribution in [3.8, 4) is 0 Å². The Bertz CT molecular complexity index is 385. The van der Waals surface area contributed by atoms with Crippen LogP contribution >= 0.6 is 0 Å². The molecule has 0 aromatic carbocycles. The fourth-order valence-electron chi connectivity index (χ4n) is 1.38. The van der Waals surface area contributed by atoms with Crippen LogP contribution < -0.4 is 30.8 Å². The van der Waals surface area contributed by atoms with Gasteiger partial charge in [0.2, 0.25) is 12.7 Å². The Morgan fingerprint density at radius 2 is 1.17 bits per heavy atom. The molecule has 6 heteroatoms. The number of hydrogen-bond donors (Lipinski definition) is 0.